The van der Waals surface area contributed by atoms with Crippen LogP contribution < -0.4 is 10.6 Å². The number of hydrogen-bond donors (Lipinski definition) is 0. The summed E-state index contributed by atoms with van der Waals surface area (Å²) in [5, 5.41) is 7.00. The Labute approximate surface area is 232 Å². The molecule has 0 saturated carbocycles. The lowest BCUT2D eigenvalue weighted by Gasteiger charge is -2.12. The quantitative estimate of drug-likeness (QED) is 0.243. The molecule has 0 N–H and O–H groups in total. The van der Waals surface area contributed by atoms with Crippen molar-refractivity contribution in [2.75, 3.05) is 0 Å². The van der Waals surface area contributed by atoms with E-state index in [4.69, 9.17) is 9.97 Å². The minimum atomic E-state index is -0.0988. The van der Waals surface area contributed by atoms with Crippen LogP contribution >= 0.6 is 0 Å². The summed E-state index contributed by atoms with van der Waals surface area (Å²) in [6.07, 6.45) is 4.57. The average Bonchev–Trinajstić information content (AvgIpc) is 3.49. The maximum Gasteiger partial charge on any atom is 0.235 e. The molecule has 0 aliphatic heterocycles. The van der Waals surface area contributed by atoms with Crippen molar-refractivity contribution in [3.05, 3.63) is 126 Å². The topological polar surface area (TPSA) is 30.7 Å². The van der Waals surface area contributed by atoms with E-state index in [1.54, 1.807) is 0 Å². The van der Waals surface area contributed by atoms with Crippen LogP contribution in [0.15, 0.2) is 115 Å². The van der Waals surface area contributed by atoms with E-state index in [0.717, 1.165) is 32.9 Å². The van der Waals surface area contributed by atoms with E-state index in [1.807, 2.05) is 0 Å². The zero-order valence-electron chi connectivity index (χ0n) is 22.5. The van der Waals surface area contributed by atoms with Crippen LogP contribution in [0.25, 0.3) is 73.1 Å². The molecule has 0 fully saturated rings. The number of fused-ring (bicyclic) bond motifs is 5. The summed E-state index contributed by atoms with van der Waals surface area (Å²) in [7, 11) is 0. The molecule has 0 bridgehead atoms. The molecule has 0 amide bonds. The molecule has 2 aromatic heterocycles. The second-order valence-corrected chi connectivity index (χ2v) is 11.3. The highest BCUT2D eigenvalue weighted by Gasteiger charge is 2.22. The average molecular weight is 514 g/mol. The summed E-state index contributed by atoms with van der Waals surface area (Å²) < 4.78 is 2.21. The van der Waals surface area contributed by atoms with Gasteiger partial charge in [0.25, 0.3) is 0 Å². The first-order chi connectivity index (χ1) is 19.6. The fraction of sp³-hybridized carbons (Fsp3) is 0.0811. The molecule has 1 aliphatic rings. The van der Waals surface area contributed by atoms with Gasteiger partial charge in [0.05, 0.1) is 22.1 Å². The van der Waals surface area contributed by atoms with E-state index < -0.39 is 0 Å². The third-order valence-electron chi connectivity index (χ3n) is 8.01. The number of aromatic nitrogens is 3. The lowest BCUT2D eigenvalue weighted by molar-refractivity contribution is 0.723. The van der Waals surface area contributed by atoms with Crippen LogP contribution in [-0.2, 0) is 0 Å². The van der Waals surface area contributed by atoms with Crippen LogP contribution in [-0.4, -0.2) is 14.5 Å². The number of hydrogen-bond acceptors (Lipinski definition) is 2. The Morgan fingerprint density at radius 1 is 0.575 bits per heavy atom. The fourth-order valence-corrected chi connectivity index (χ4v) is 6.26. The zero-order valence-corrected chi connectivity index (χ0v) is 22.5. The number of rotatable bonds is 3. The molecular weight excluding hydrogens is 486 g/mol. The SMILES string of the molecule is CC1(C)C=c2nc(-n3c4ccccc4c4ccccc43)nc(-c3cccc(-c4cccc5ccccc45)c3)c2=C1. The van der Waals surface area contributed by atoms with Gasteiger partial charge in [-0.25, -0.2) is 9.97 Å². The Hall–Kier alpha value is -5.02. The first kappa shape index (κ1) is 22.9. The van der Waals surface area contributed by atoms with Gasteiger partial charge in [0, 0.05) is 27.0 Å². The lowest BCUT2D eigenvalue weighted by Crippen LogP contribution is -2.30. The van der Waals surface area contributed by atoms with Gasteiger partial charge >= 0.3 is 0 Å². The minimum absolute atomic E-state index is 0.0988. The van der Waals surface area contributed by atoms with Crippen LogP contribution in [0.5, 0.6) is 0 Å². The standard InChI is InChI=1S/C37H27N3/c1-37(2)22-31-32(23-37)38-36(40-33-19-7-5-16-29(33)30-17-6-8-20-34(30)40)39-35(31)26-14-9-13-25(21-26)28-18-10-12-24-11-3-4-15-27(24)28/h3-23H,1-2H3. The fourth-order valence-electron chi connectivity index (χ4n) is 6.26. The second-order valence-electron chi connectivity index (χ2n) is 11.3. The second kappa shape index (κ2) is 8.49. The van der Waals surface area contributed by atoms with Gasteiger partial charge < -0.3 is 0 Å². The third-order valence-corrected chi connectivity index (χ3v) is 8.01. The molecule has 40 heavy (non-hydrogen) atoms. The van der Waals surface area contributed by atoms with Gasteiger partial charge in [-0.2, -0.15) is 0 Å². The number of benzene rings is 5. The third kappa shape index (κ3) is 3.51. The van der Waals surface area contributed by atoms with Crippen molar-refractivity contribution in [2.24, 2.45) is 5.41 Å². The summed E-state index contributed by atoms with van der Waals surface area (Å²) in [4.78, 5) is 10.5. The Kier molecular flexibility index (Phi) is 4.86. The predicted octanol–water partition coefficient (Wildman–Crippen LogP) is 7.66. The maximum atomic E-state index is 5.32. The van der Waals surface area contributed by atoms with Gasteiger partial charge in [-0.3, -0.25) is 4.57 Å². The van der Waals surface area contributed by atoms with Crippen molar-refractivity contribution in [1.29, 1.82) is 0 Å². The molecule has 190 valence electrons. The Bertz CT molecular complexity index is 2190. The Morgan fingerprint density at radius 2 is 1.20 bits per heavy atom. The van der Waals surface area contributed by atoms with Gasteiger partial charge in [-0.15, -0.1) is 0 Å². The predicted molar refractivity (Wildman–Crippen MR) is 167 cm³/mol. The molecule has 7 aromatic rings. The molecule has 0 spiro atoms. The van der Waals surface area contributed by atoms with E-state index in [-0.39, 0.29) is 5.41 Å². The molecular formula is C37H27N3. The summed E-state index contributed by atoms with van der Waals surface area (Å²) >= 11 is 0. The maximum absolute atomic E-state index is 5.32. The Morgan fingerprint density at radius 3 is 1.98 bits per heavy atom. The monoisotopic (exact) mass is 513 g/mol. The highest BCUT2D eigenvalue weighted by atomic mass is 15.2. The smallest absolute Gasteiger partial charge is 0.235 e. The minimum Gasteiger partial charge on any atom is -0.278 e. The van der Waals surface area contributed by atoms with Gasteiger partial charge in [0.15, 0.2) is 0 Å². The molecule has 3 nitrogen and oxygen atoms in total. The van der Waals surface area contributed by atoms with Crippen molar-refractivity contribution in [3.63, 3.8) is 0 Å². The van der Waals surface area contributed by atoms with E-state index >= 15 is 0 Å². The Balaban J connectivity index is 1.41. The molecule has 1 aliphatic carbocycles. The molecule has 3 heteroatoms. The van der Waals surface area contributed by atoms with E-state index in [1.165, 1.54) is 32.7 Å². The van der Waals surface area contributed by atoms with Gasteiger partial charge in [-0.1, -0.05) is 117 Å². The van der Waals surface area contributed by atoms with Crippen LogP contribution in [0.3, 0.4) is 0 Å². The molecule has 2 heterocycles. The van der Waals surface area contributed by atoms with Crippen molar-refractivity contribution in [2.45, 2.75) is 13.8 Å². The molecule has 5 aromatic carbocycles. The first-order valence-electron chi connectivity index (χ1n) is 13.8. The van der Waals surface area contributed by atoms with Gasteiger partial charge in [0.2, 0.25) is 5.95 Å². The molecule has 0 atom stereocenters. The molecule has 0 saturated heterocycles. The summed E-state index contributed by atoms with van der Waals surface area (Å²) in [5.41, 5.74) is 6.59. The summed E-state index contributed by atoms with van der Waals surface area (Å²) in [6, 6.07) is 40.9. The first-order valence-corrected chi connectivity index (χ1v) is 13.8. The number of nitrogens with zero attached hydrogens (tertiary/aromatic N) is 3. The summed E-state index contributed by atoms with van der Waals surface area (Å²) in [5.74, 6) is 0.698. The highest BCUT2D eigenvalue weighted by Crippen LogP contribution is 2.33. The largest absolute Gasteiger partial charge is 0.278 e. The number of para-hydroxylation sites is 2. The van der Waals surface area contributed by atoms with Crippen molar-refractivity contribution >= 4 is 44.7 Å². The van der Waals surface area contributed by atoms with Crippen LogP contribution in [0, 0.1) is 5.41 Å². The van der Waals surface area contributed by atoms with E-state index in [9.17, 15) is 0 Å². The lowest BCUT2D eigenvalue weighted by atomic mass is 9.95. The normalized spacial score (nSPS) is 13.8. The van der Waals surface area contributed by atoms with Gasteiger partial charge in [-0.05, 0) is 46.2 Å². The van der Waals surface area contributed by atoms with E-state index in [0.29, 0.717) is 5.95 Å². The van der Waals surface area contributed by atoms with Crippen LogP contribution in [0.1, 0.15) is 13.8 Å². The van der Waals surface area contributed by atoms with Crippen LogP contribution in [0.2, 0.25) is 0 Å². The molecule has 8 rings (SSSR count). The molecule has 0 unspecified atom stereocenters. The molecule has 0 radical (unpaired) electrons. The van der Waals surface area contributed by atoms with Crippen molar-refractivity contribution in [1.82, 2.24) is 14.5 Å². The van der Waals surface area contributed by atoms with E-state index in [2.05, 4.69) is 146 Å². The zero-order chi connectivity index (χ0) is 26.8. The van der Waals surface area contributed by atoms with Gasteiger partial charge in [0.1, 0.15) is 0 Å². The van der Waals surface area contributed by atoms with Crippen molar-refractivity contribution < 1.29 is 0 Å². The van der Waals surface area contributed by atoms with Crippen molar-refractivity contribution in [3.8, 4) is 28.3 Å². The van der Waals surface area contributed by atoms with Crippen LogP contribution in [0.4, 0.5) is 0 Å². The highest BCUT2D eigenvalue weighted by molar-refractivity contribution is 6.09. The summed E-state index contributed by atoms with van der Waals surface area (Å²) in [6.45, 7) is 4.45.